The molecule has 0 bridgehead atoms. The third-order valence-corrected chi connectivity index (χ3v) is 10.9. The molecule has 2 heterocycles. The van der Waals surface area contributed by atoms with E-state index >= 15 is 0 Å². The molecule has 0 aromatic heterocycles. The molecule has 0 spiro atoms. The number of nitrogens with zero attached hydrogens (tertiary/aromatic N) is 1. The van der Waals surface area contributed by atoms with E-state index in [2.05, 4.69) is 42.5 Å². The number of carbonyl (C=O) groups is 2. The summed E-state index contributed by atoms with van der Waals surface area (Å²) in [4.78, 5) is 28.1. The first kappa shape index (κ1) is 45.1. The number of carbonyl (C=O) groups excluding carboxylic acids is 2. The summed E-state index contributed by atoms with van der Waals surface area (Å²) in [5.74, 6) is 0.321. The van der Waals surface area contributed by atoms with Crippen molar-refractivity contribution >= 4 is 11.9 Å². The van der Waals surface area contributed by atoms with Gasteiger partial charge >= 0.3 is 11.9 Å². The first-order chi connectivity index (χ1) is 25.1. The van der Waals surface area contributed by atoms with Gasteiger partial charge in [-0.05, 0) is 113 Å². The van der Waals surface area contributed by atoms with Crippen LogP contribution in [-0.4, -0.2) is 62.4 Å². The van der Waals surface area contributed by atoms with Crippen LogP contribution in [0.2, 0.25) is 0 Å². The molecule has 0 radical (unpaired) electrons. The molecule has 6 heteroatoms. The monoisotopic (exact) mass is 712 g/mol. The van der Waals surface area contributed by atoms with Gasteiger partial charge in [-0.2, -0.15) is 0 Å². The number of cyclic esters (lactones) is 2. The zero-order chi connectivity index (χ0) is 36.6. The van der Waals surface area contributed by atoms with Crippen molar-refractivity contribution < 1.29 is 23.8 Å². The summed E-state index contributed by atoms with van der Waals surface area (Å²) in [5, 5.41) is 0. The molecule has 0 aromatic rings. The van der Waals surface area contributed by atoms with Gasteiger partial charge in [0.05, 0.1) is 19.3 Å². The molecule has 0 aliphatic carbocycles. The van der Waals surface area contributed by atoms with Crippen molar-refractivity contribution in [1.82, 2.24) is 4.90 Å². The maximum absolute atomic E-state index is 12.7. The Morgan fingerprint density at radius 1 is 0.667 bits per heavy atom. The van der Waals surface area contributed by atoms with Gasteiger partial charge in [-0.1, -0.05) is 115 Å². The molecule has 0 aromatic carbocycles. The number of ether oxygens (including phenoxy) is 3. The van der Waals surface area contributed by atoms with Crippen molar-refractivity contribution in [3.05, 3.63) is 29.3 Å². The summed E-state index contributed by atoms with van der Waals surface area (Å²) in [6, 6.07) is 0. The number of unbranched alkanes of at least 4 members (excludes halogenated alkanes) is 4. The van der Waals surface area contributed by atoms with Gasteiger partial charge in [0.15, 0.2) is 0 Å². The summed E-state index contributed by atoms with van der Waals surface area (Å²) in [5.41, 5.74) is 10.5. The maximum Gasteiger partial charge on any atom is 0.305 e. The fourth-order valence-corrected chi connectivity index (χ4v) is 7.82. The minimum absolute atomic E-state index is 0.0791. The summed E-state index contributed by atoms with van der Waals surface area (Å²) in [6.45, 7) is 13.6. The average molecular weight is 712 g/mol. The number of likely N-dealkylation sites (tertiary alicyclic amines) is 1. The standard InChI is InChI=1S/C45H77NO5/c1-4-7-16-25-40-32-38-50-44(47)30-20-14-10-12-18-27-42(49-37-24-36-46-34-22-23-35-46)28-19-13-11-15-21-31-45(48)51-39-33-41(26-17-8-5-2)43(40)29-9-6-3/h40-42H,3-5,7-8,10-28,30-39H2,1-2H3. The second-order valence-electron chi connectivity index (χ2n) is 15.3. The Balaban J connectivity index is 2.01. The number of hydrogen-bond donors (Lipinski definition) is 0. The van der Waals surface area contributed by atoms with Crippen molar-refractivity contribution in [2.24, 2.45) is 11.8 Å². The first-order valence-corrected chi connectivity index (χ1v) is 21.6. The van der Waals surface area contributed by atoms with Crippen molar-refractivity contribution in [2.45, 2.75) is 193 Å². The highest BCUT2D eigenvalue weighted by molar-refractivity contribution is 5.69. The lowest BCUT2D eigenvalue weighted by Gasteiger charge is -2.26. The zero-order valence-corrected chi connectivity index (χ0v) is 33.3. The maximum atomic E-state index is 12.7. The predicted molar refractivity (Wildman–Crippen MR) is 211 cm³/mol. The lowest BCUT2D eigenvalue weighted by Crippen LogP contribution is -2.23. The molecule has 2 rings (SSSR count). The molecule has 6 nitrogen and oxygen atoms in total. The van der Waals surface area contributed by atoms with E-state index in [1.165, 1.54) is 76.6 Å². The van der Waals surface area contributed by atoms with Crippen LogP contribution in [0.5, 0.6) is 0 Å². The summed E-state index contributed by atoms with van der Waals surface area (Å²) < 4.78 is 18.1. The molecule has 51 heavy (non-hydrogen) atoms. The summed E-state index contributed by atoms with van der Waals surface area (Å²) >= 11 is 0. The third-order valence-electron chi connectivity index (χ3n) is 10.9. The summed E-state index contributed by atoms with van der Waals surface area (Å²) in [7, 11) is 0. The van der Waals surface area contributed by atoms with E-state index in [9.17, 15) is 9.59 Å². The van der Waals surface area contributed by atoms with E-state index in [1.807, 2.05) is 0 Å². The van der Waals surface area contributed by atoms with E-state index in [4.69, 9.17) is 14.2 Å². The topological polar surface area (TPSA) is 65.1 Å². The molecule has 0 N–H and O–H groups in total. The molecular formula is C45H77NO5. The molecule has 0 saturated carbocycles. The van der Waals surface area contributed by atoms with Crippen LogP contribution < -0.4 is 0 Å². The number of rotatable bonds is 13. The van der Waals surface area contributed by atoms with Gasteiger partial charge in [0, 0.05) is 26.0 Å². The van der Waals surface area contributed by atoms with E-state index < -0.39 is 0 Å². The Bertz CT molecular complexity index is 964. The molecule has 0 amide bonds. The van der Waals surface area contributed by atoms with Gasteiger partial charge in [-0.15, -0.1) is 0 Å². The van der Waals surface area contributed by atoms with Crippen molar-refractivity contribution in [1.29, 1.82) is 0 Å². The van der Waals surface area contributed by atoms with Gasteiger partial charge in [0.1, 0.15) is 0 Å². The molecule has 2 aliphatic heterocycles. The van der Waals surface area contributed by atoms with Crippen LogP contribution in [-0.2, 0) is 23.8 Å². The predicted octanol–water partition coefficient (Wildman–Crippen LogP) is 11.6. The fourth-order valence-electron chi connectivity index (χ4n) is 7.82. The highest BCUT2D eigenvalue weighted by Gasteiger charge is 2.24. The third kappa shape index (κ3) is 23.3. The average Bonchev–Trinajstić information content (AvgIpc) is 3.65. The van der Waals surface area contributed by atoms with Gasteiger partial charge < -0.3 is 19.1 Å². The zero-order valence-electron chi connectivity index (χ0n) is 33.3. The van der Waals surface area contributed by atoms with Crippen LogP contribution in [0.25, 0.3) is 0 Å². The number of esters is 2. The lowest BCUT2D eigenvalue weighted by molar-refractivity contribution is -0.144. The van der Waals surface area contributed by atoms with E-state index in [0.717, 1.165) is 116 Å². The molecule has 292 valence electrons. The smallest absolute Gasteiger partial charge is 0.305 e. The Hall–Kier alpha value is -2.06. The van der Waals surface area contributed by atoms with Crippen molar-refractivity contribution in [3.63, 3.8) is 0 Å². The van der Waals surface area contributed by atoms with Crippen LogP contribution in [0.15, 0.2) is 29.3 Å². The highest BCUT2D eigenvalue weighted by Crippen LogP contribution is 2.33. The van der Waals surface area contributed by atoms with Gasteiger partial charge in [0.2, 0.25) is 0 Å². The van der Waals surface area contributed by atoms with Gasteiger partial charge in [0.25, 0.3) is 0 Å². The molecule has 2 unspecified atom stereocenters. The summed E-state index contributed by atoms with van der Waals surface area (Å²) in [6.07, 6.45) is 29.0. The van der Waals surface area contributed by atoms with Crippen LogP contribution in [0.1, 0.15) is 187 Å². The second-order valence-corrected chi connectivity index (χ2v) is 15.3. The minimum atomic E-state index is -0.0791. The first-order valence-electron chi connectivity index (χ1n) is 21.6. The van der Waals surface area contributed by atoms with Crippen LogP contribution in [0, 0.1) is 11.8 Å². The highest BCUT2D eigenvalue weighted by atomic mass is 16.5. The van der Waals surface area contributed by atoms with Crippen LogP contribution in [0.3, 0.4) is 0 Å². The molecule has 2 atom stereocenters. The van der Waals surface area contributed by atoms with Gasteiger partial charge in [-0.25, -0.2) is 0 Å². The molecular weight excluding hydrogens is 634 g/mol. The van der Waals surface area contributed by atoms with E-state index in [1.54, 1.807) is 0 Å². The Labute approximate surface area is 313 Å². The fraction of sp³-hybridized carbons (Fsp3) is 0.844. The Morgan fingerprint density at radius 2 is 1.18 bits per heavy atom. The van der Waals surface area contributed by atoms with Crippen molar-refractivity contribution in [3.8, 4) is 0 Å². The molecule has 2 aliphatic rings. The number of allylic oxidation sites excluding steroid dienone is 1. The normalized spacial score (nSPS) is 23.8. The minimum Gasteiger partial charge on any atom is -0.466 e. The van der Waals surface area contributed by atoms with Crippen molar-refractivity contribution in [2.75, 3.05) is 39.5 Å². The van der Waals surface area contributed by atoms with Crippen LogP contribution >= 0.6 is 0 Å². The lowest BCUT2D eigenvalue weighted by atomic mass is 9.79. The SMILES string of the molecule is C=C=C=C=C1C(CCCCC)CCOC(=O)CCCCCCCC(OCCCN2CCCC2)CCCCCCCC(=O)OCCC1CCCCC. The Kier molecular flexibility index (Phi) is 27.8. The quantitative estimate of drug-likeness (QED) is 0.108. The largest absolute Gasteiger partial charge is 0.466 e. The van der Waals surface area contributed by atoms with E-state index in [-0.39, 0.29) is 23.8 Å². The molecule has 2 saturated heterocycles. The van der Waals surface area contributed by atoms with Gasteiger partial charge in [-0.3, -0.25) is 9.59 Å². The van der Waals surface area contributed by atoms with Crippen LogP contribution in [0.4, 0.5) is 0 Å². The second kappa shape index (κ2) is 31.5. The van der Waals surface area contributed by atoms with E-state index in [0.29, 0.717) is 32.2 Å². The Morgan fingerprint density at radius 3 is 1.69 bits per heavy atom. The number of hydrogen-bond acceptors (Lipinski definition) is 6. The molecule has 2 fully saturated rings.